The van der Waals surface area contributed by atoms with Crippen LogP contribution in [-0.2, 0) is 32.1 Å². The summed E-state index contributed by atoms with van der Waals surface area (Å²) in [5.41, 5.74) is 12.6. The maximum Gasteiger partial charge on any atom is 0.408 e. The molecule has 1 aliphatic heterocycles. The lowest BCUT2D eigenvalue weighted by Gasteiger charge is -2.40. The van der Waals surface area contributed by atoms with E-state index in [1.165, 1.54) is 0 Å². The number of carbonyl (C=O) groups excluding carboxylic acids is 4. The second kappa shape index (κ2) is 17.1. The number of para-hydroxylation sites is 1. The van der Waals surface area contributed by atoms with Crippen LogP contribution in [0, 0.1) is 10.8 Å². The SMILES string of the molecule is N#N.NC(=O)C[C@H](NC(=O)OCc1ccccc1)C(=O)N[C@@H](Cc1ccccc1)[C@H](O)C[C@@]1(C(N)=O)CCCN1c1ccccc1. The minimum atomic E-state index is -1.36. The molecule has 4 amide bonds. The van der Waals surface area contributed by atoms with Crippen molar-refractivity contribution in [3.63, 3.8) is 0 Å². The van der Waals surface area contributed by atoms with E-state index in [4.69, 9.17) is 27.0 Å². The summed E-state index contributed by atoms with van der Waals surface area (Å²) in [4.78, 5) is 52.9. The highest BCUT2D eigenvalue weighted by atomic mass is 16.5. The van der Waals surface area contributed by atoms with Gasteiger partial charge in [-0.05, 0) is 42.5 Å². The topological polar surface area (TPSA) is 225 Å². The lowest BCUT2D eigenvalue weighted by Crippen LogP contribution is -2.59. The van der Waals surface area contributed by atoms with Gasteiger partial charge in [-0.2, -0.15) is 0 Å². The molecule has 0 bridgehead atoms. The van der Waals surface area contributed by atoms with Gasteiger partial charge in [0, 0.05) is 29.4 Å². The van der Waals surface area contributed by atoms with E-state index in [-0.39, 0.29) is 19.4 Å². The maximum atomic E-state index is 13.5. The zero-order valence-corrected chi connectivity index (χ0v) is 25.3. The highest BCUT2D eigenvalue weighted by molar-refractivity contribution is 5.91. The van der Waals surface area contributed by atoms with Crippen molar-refractivity contribution in [3.8, 4) is 0 Å². The standard InChI is InChI=1S/C33H39N5O6.N2/c34-29(40)20-27(37-32(43)44-22-24-13-6-2-7-14-24)30(41)36-26(19-23-11-4-1-5-12-23)28(39)21-33(31(35)42)17-10-18-38(33)25-15-8-3-9-16-25;1-2/h1-9,11-16,26-28,39H,10,17-22H2,(H2,34,40)(H2,35,42)(H,36,41)(H,37,43);/t26-,27-,28+,33+;/m0./s1. The third kappa shape index (κ3) is 9.51. The van der Waals surface area contributed by atoms with Gasteiger partial charge in [-0.25, -0.2) is 4.79 Å². The molecule has 3 aromatic rings. The number of amides is 4. The molecular weight excluding hydrogens is 590 g/mol. The first kappa shape index (κ1) is 35.0. The van der Waals surface area contributed by atoms with Crippen LogP contribution in [0.3, 0.4) is 0 Å². The van der Waals surface area contributed by atoms with E-state index in [0.717, 1.165) is 16.8 Å². The molecule has 1 heterocycles. The summed E-state index contributed by atoms with van der Waals surface area (Å²) >= 11 is 0. The van der Waals surface area contributed by atoms with Crippen molar-refractivity contribution >= 4 is 29.5 Å². The van der Waals surface area contributed by atoms with Gasteiger partial charge < -0.3 is 36.8 Å². The molecule has 13 nitrogen and oxygen atoms in total. The molecule has 7 N–H and O–H groups in total. The fraction of sp³-hybridized carbons (Fsp3) is 0.333. The first-order chi connectivity index (χ1) is 22.2. The summed E-state index contributed by atoms with van der Waals surface area (Å²) in [5.74, 6) is -2.12. The normalized spacial score (nSPS) is 17.3. The Morgan fingerprint density at radius 2 is 1.43 bits per heavy atom. The third-order valence-electron chi connectivity index (χ3n) is 7.88. The van der Waals surface area contributed by atoms with Crippen LogP contribution in [0.15, 0.2) is 91.0 Å². The molecule has 242 valence electrons. The average molecular weight is 630 g/mol. The summed E-state index contributed by atoms with van der Waals surface area (Å²) in [5, 5.41) is 28.9. The van der Waals surface area contributed by atoms with Crippen molar-refractivity contribution < 1.29 is 29.0 Å². The molecule has 4 rings (SSSR count). The quantitative estimate of drug-likeness (QED) is 0.165. The van der Waals surface area contributed by atoms with Crippen molar-refractivity contribution in [2.75, 3.05) is 11.4 Å². The maximum absolute atomic E-state index is 13.5. The smallest absolute Gasteiger partial charge is 0.408 e. The number of primary amides is 2. The Hall–Kier alpha value is -5.48. The Balaban J connectivity index is 0.00000282. The number of nitrogens with zero attached hydrogens (tertiary/aromatic N) is 3. The Kier molecular flexibility index (Phi) is 13.0. The Labute approximate surface area is 267 Å². The number of aliphatic hydroxyl groups excluding tert-OH is 1. The molecule has 46 heavy (non-hydrogen) atoms. The van der Waals surface area contributed by atoms with Crippen LogP contribution in [0.1, 0.15) is 36.8 Å². The fourth-order valence-electron chi connectivity index (χ4n) is 5.67. The van der Waals surface area contributed by atoms with E-state index in [1.54, 1.807) is 24.3 Å². The minimum Gasteiger partial charge on any atom is -0.445 e. The molecule has 0 saturated carbocycles. The van der Waals surface area contributed by atoms with E-state index in [2.05, 4.69) is 10.6 Å². The van der Waals surface area contributed by atoms with Gasteiger partial charge in [-0.1, -0.05) is 78.9 Å². The lowest BCUT2D eigenvalue weighted by molar-refractivity contribution is -0.128. The summed E-state index contributed by atoms with van der Waals surface area (Å²) in [6.07, 6.45) is -1.36. The predicted octanol–water partition coefficient (Wildman–Crippen LogP) is 2.19. The van der Waals surface area contributed by atoms with Crippen LogP contribution in [0.25, 0.3) is 0 Å². The molecule has 0 spiro atoms. The van der Waals surface area contributed by atoms with Crippen LogP contribution < -0.4 is 27.0 Å². The number of ether oxygens (including phenoxy) is 1. The number of nitrogens with two attached hydrogens (primary N) is 2. The summed E-state index contributed by atoms with van der Waals surface area (Å²) < 4.78 is 5.23. The van der Waals surface area contributed by atoms with Crippen LogP contribution in [0.4, 0.5) is 10.5 Å². The Morgan fingerprint density at radius 3 is 2.00 bits per heavy atom. The van der Waals surface area contributed by atoms with E-state index in [9.17, 15) is 24.3 Å². The molecule has 1 aliphatic rings. The van der Waals surface area contributed by atoms with Gasteiger partial charge in [0.2, 0.25) is 17.7 Å². The summed E-state index contributed by atoms with van der Waals surface area (Å²) in [7, 11) is 0. The van der Waals surface area contributed by atoms with Crippen LogP contribution >= 0.6 is 0 Å². The van der Waals surface area contributed by atoms with E-state index in [0.29, 0.717) is 19.4 Å². The van der Waals surface area contributed by atoms with Gasteiger partial charge in [0.25, 0.3) is 0 Å². The number of nitrogens with one attached hydrogen (secondary N) is 2. The van der Waals surface area contributed by atoms with Gasteiger partial charge in [0.15, 0.2) is 0 Å². The molecule has 0 radical (unpaired) electrons. The first-order valence-electron chi connectivity index (χ1n) is 14.8. The van der Waals surface area contributed by atoms with Crippen molar-refractivity contribution in [1.29, 1.82) is 10.8 Å². The monoisotopic (exact) mass is 629 g/mol. The Morgan fingerprint density at radius 1 is 0.870 bits per heavy atom. The lowest BCUT2D eigenvalue weighted by atomic mass is 9.84. The van der Waals surface area contributed by atoms with Gasteiger partial charge in [0.1, 0.15) is 18.2 Å². The van der Waals surface area contributed by atoms with Crippen LogP contribution in [0.5, 0.6) is 0 Å². The highest BCUT2D eigenvalue weighted by Gasteiger charge is 2.48. The predicted molar refractivity (Wildman–Crippen MR) is 168 cm³/mol. The second-order valence-corrected chi connectivity index (χ2v) is 11.0. The van der Waals surface area contributed by atoms with E-state index >= 15 is 0 Å². The number of carbonyl (C=O) groups is 4. The third-order valence-corrected chi connectivity index (χ3v) is 7.88. The molecule has 0 unspecified atom stereocenters. The average Bonchev–Trinajstić information content (AvgIpc) is 3.50. The number of benzene rings is 3. The van der Waals surface area contributed by atoms with Gasteiger partial charge in [-0.3, -0.25) is 14.4 Å². The minimum absolute atomic E-state index is 0.0416. The molecular formula is C33H39N7O6. The van der Waals surface area contributed by atoms with E-state index < -0.39 is 54.0 Å². The number of anilines is 1. The summed E-state index contributed by atoms with van der Waals surface area (Å²) in [6.45, 7) is 0.533. The molecule has 13 heteroatoms. The van der Waals surface area contributed by atoms with Gasteiger partial charge >= 0.3 is 6.09 Å². The van der Waals surface area contributed by atoms with Gasteiger partial charge in [0.05, 0.1) is 18.6 Å². The number of alkyl carbamates (subject to hydrolysis) is 1. The Bertz CT molecular complexity index is 1460. The zero-order valence-electron chi connectivity index (χ0n) is 25.3. The molecule has 4 atom stereocenters. The number of hydrogen-bond donors (Lipinski definition) is 5. The van der Waals surface area contributed by atoms with Crippen molar-refractivity contribution in [2.45, 2.75) is 62.4 Å². The van der Waals surface area contributed by atoms with Crippen LogP contribution in [0.2, 0.25) is 0 Å². The number of hydrogen-bond acceptors (Lipinski definition) is 9. The van der Waals surface area contributed by atoms with Crippen LogP contribution in [-0.4, -0.2) is 59.2 Å². The molecule has 0 aromatic heterocycles. The molecule has 3 aromatic carbocycles. The second-order valence-electron chi connectivity index (χ2n) is 11.0. The number of rotatable bonds is 14. The molecule has 0 aliphatic carbocycles. The van der Waals surface area contributed by atoms with Crippen molar-refractivity contribution in [1.82, 2.24) is 10.6 Å². The highest BCUT2D eigenvalue weighted by Crippen LogP contribution is 2.38. The number of aliphatic hydroxyl groups is 1. The fourth-order valence-corrected chi connectivity index (χ4v) is 5.67. The zero-order chi connectivity index (χ0) is 33.5. The largest absolute Gasteiger partial charge is 0.445 e. The first-order valence-corrected chi connectivity index (χ1v) is 14.8. The van der Waals surface area contributed by atoms with Gasteiger partial charge in [-0.15, -0.1) is 0 Å². The summed E-state index contributed by atoms with van der Waals surface area (Å²) in [6, 6.07) is 25.3. The molecule has 1 fully saturated rings. The van der Waals surface area contributed by atoms with Crippen molar-refractivity contribution in [2.24, 2.45) is 11.5 Å². The van der Waals surface area contributed by atoms with E-state index in [1.807, 2.05) is 71.6 Å². The molecule has 1 saturated heterocycles. The van der Waals surface area contributed by atoms with Crippen molar-refractivity contribution in [3.05, 3.63) is 102 Å².